The summed E-state index contributed by atoms with van der Waals surface area (Å²) < 4.78 is 12.9. The summed E-state index contributed by atoms with van der Waals surface area (Å²) in [7, 11) is 0. The number of unbranched alkanes of at least 4 members (excludes halogenated alkanes) is 9. The largest absolute Gasteiger partial charge is 0.356 e. The van der Waals surface area contributed by atoms with E-state index >= 15 is 0 Å². The van der Waals surface area contributed by atoms with Crippen LogP contribution in [0.5, 0.6) is 0 Å². The third-order valence-electron chi connectivity index (χ3n) is 9.20. The summed E-state index contributed by atoms with van der Waals surface area (Å²) in [5.74, 6) is 0.264. The molecule has 0 unspecified atom stereocenters. The van der Waals surface area contributed by atoms with Crippen molar-refractivity contribution in [2.45, 2.75) is 147 Å². The van der Waals surface area contributed by atoms with Gasteiger partial charge in [-0.15, -0.1) is 0 Å². The zero-order valence-electron chi connectivity index (χ0n) is 22.2. The summed E-state index contributed by atoms with van der Waals surface area (Å²) in [4.78, 5) is 25.0. The predicted molar refractivity (Wildman–Crippen MR) is 132 cm³/mol. The van der Waals surface area contributed by atoms with Crippen molar-refractivity contribution in [1.29, 1.82) is 0 Å². The molecule has 1 amide bonds. The molecule has 196 valence electrons. The number of ether oxygens (including phenoxy) is 2. The molecular weight excluding hydrogens is 430 g/mol. The maximum atomic E-state index is 12.9. The van der Waals surface area contributed by atoms with Crippen LogP contribution < -0.4 is 5.32 Å². The van der Waals surface area contributed by atoms with E-state index in [2.05, 4.69) is 26.1 Å². The van der Waals surface area contributed by atoms with Gasteiger partial charge in [0.2, 0.25) is 11.7 Å². The molecule has 1 saturated carbocycles. The Morgan fingerprint density at radius 3 is 2.26 bits per heavy atom. The van der Waals surface area contributed by atoms with Crippen molar-refractivity contribution in [3.63, 3.8) is 0 Å². The number of nitrogens with one attached hydrogen (secondary N) is 1. The lowest BCUT2D eigenvalue weighted by Gasteiger charge is -2.50. The fourth-order valence-corrected chi connectivity index (χ4v) is 7.20. The standard InChI is InChI=1S/C28H49NO5/c1-5-6-7-8-9-10-11-12-13-14-19-29-24(30)20-26(3)23-16-15-21(2)22-17-18-27(4)32-25(31-26)28(22,23)34-33-27/h21-23,25H,5-20H2,1-4H3,(H,29,30)/t21-,22+,23+,25-,26+,27-,28-/m1/s1. The summed E-state index contributed by atoms with van der Waals surface area (Å²) in [6, 6.07) is 0. The smallest absolute Gasteiger partial charge is 0.222 e. The van der Waals surface area contributed by atoms with Crippen molar-refractivity contribution < 1.29 is 24.0 Å². The number of hydrogen-bond acceptors (Lipinski definition) is 5. The van der Waals surface area contributed by atoms with E-state index in [0.717, 1.165) is 38.6 Å². The van der Waals surface area contributed by atoms with Crippen LogP contribution in [0.3, 0.4) is 0 Å². The van der Waals surface area contributed by atoms with Crippen LogP contribution in [-0.4, -0.2) is 35.7 Å². The molecule has 0 aromatic carbocycles. The van der Waals surface area contributed by atoms with E-state index in [0.29, 0.717) is 18.3 Å². The van der Waals surface area contributed by atoms with Gasteiger partial charge in [0.15, 0.2) is 11.9 Å². The van der Waals surface area contributed by atoms with E-state index in [1.807, 2.05) is 6.92 Å². The van der Waals surface area contributed by atoms with Gasteiger partial charge >= 0.3 is 0 Å². The molecule has 1 N–H and O–H groups in total. The normalized spacial score (nSPS) is 40.7. The number of carbonyl (C=O) groups is 1. The Kier molecular flexibility index (Phi) is 8.65. The van der Waals surface area contributed by atoms with Gasteiger partial charge in [-0.2, -0.15) is 0 Å². The topological polar surface area (TPSA) is 66.0 Å². The molecular formula is C28H49NO5. The van der Waals surface area contributed by atoms with Gasteiger partial charge in [0, 0.05) is 18.9 Å². The second-order valence-electron chi connectivity index (χ2n) is 12.0. The average Bonchev–Trinajstić information content (AvgIpc) is 2.88. The molecule has 1 spiro atoms. The molecule has 6 nitrogen and oxygen atoms in total. The lowest BCUT2D eigenvalue weighted by atomic mass is 9.59. The minimum Gasteiger partial charge on any atom is -0.356 e. The van der Waals surface area contributed by atoms with E-state index in [4.69, 9.17) is 19.2 Å². The molecule has 4 heterocycles. The van der Waals surface area contributed by atoms with Gasteiger partial charge in [0.25, 0.3) is 0 Å². The number of hydrogen-bond donors (Lipinski definition) is 1. The molecule has 1 aliphatic carbocycles. The van der Waals surface area contributed by atoms with Crippen molar-refractivity contribution >= 4 is 5.91 Å². The molecule has 0 aromatic rings. The molecule has 5 fully saturated rings. The minimum absolute atomic E-state index is 0.0723. The van der Waals surface area contributed by atoms with Crippen LogP contribution in [0.1, 0.15) is 124 Å². The van der Waals surface area contributed by atoms with Crippen molar-refractivity contribution in [2.24, 2.45) is 17.8 Å². The van der Waals surface area contributed by atoms with Crippen LogP contribution in [0.25, 0.3) is 0 Å². The van der Waals surface area contributed by atoms with Gasteiger partial charge in [0.05, 0.1) is 12.0 Å². The van der Waals surface area contributed by atoms with Gasteiger partial charge in [-0.1, -0.05) is 71.6 Å². The third kappa shape index (κ3) is 5.35. The highest BCUT2D eigenvalue weighted by Crippen LogP contribution is 2.63. The Bertz CT molecular complexity index is 688. The van der Waals surface area contributed by atoms with E-state index in [1.165, 1.54) is 57.8 Å². The van der Waals surface area contributed by atoms with E-state index in [1.54, 1.807) is 0 Å². The van der Waals surface area contributed by atoms with Crippen LogP contribution in [-0.2, 0) is 24.0 Å². The van der Waals surface area contributed by atoms with Gasteiger partial charge < -0.3 is 14.8 Å². The lowest BCUT2D eigenvalue weighted by Crippen LogP contribution is -2.61. The lowest BCUT2D eigenvalue weighted by molar-refractivity contribution is -0.541. The maximum Gasteiger partial charge on any atom is 0.222 e. The monoisotopic (exact) mass is 479 g/mol. The van der Waals surface area contributed by atoms with Crippen molar-refractivity contribution in [2.75, 3.05) is 6.54 Å². The molecule has 0 radical (unpaired) electrons. The van der Waals surface area contributed by atoms with E-state index < -0.39 is 23.3 Å². The highest BCUT2D eigenvalue weighted by atomic mass is 17.3. The van der Waals surface area contributed by atoms with Crippen LogP contribution in [0, 0.1) is 17.8 Å². The number of amides is 1. The second kappa shape index (κ2) is 11.1. The first-order chi connectivity index (χ1) is 16.3. The van der Waals surface area contributed by atoms with Gasteiger partial charge in [-0.25, -0.2) is 9.78 Å². The third-order valence-corrected chi connectivity index (χ3v) is 9.20. The Morgan fingerprint density at radius 2 is 1.56 bits per heavy atom. The van der Waals surface area contributed by atoms with Crippen molar-refractivity contribution in [3.8, 4) is 0 Å². The number of rotatable bonds is 13. The van der Waals surface area contributed by atoms with Gasteiger partial charge in [0.1, 0.15) is 0 Å². The Hall–Kier alpha value is -0.690. The second-order valence-corrected chi connectivity index (χ2v) is 12.0. The molecule has 4 aliphatic heterocycles. The summed E-state index contributed by atoms with van der Waals surface area (Å²) in [6.07, 6.45) is 16.8. The highest BCUT2D eigenvalue weighted by Gasteiger charge is 2.74. The van der Waals surface area contributed by atoms with Crippen LogP contribution in [0.4, 0.5) is 0 Å². The van der Waals surface area contributed by atoms with Crippen LogP contribution in [0.2, 0.25) is 0 Å². The van der Waals surface area contributed by atoms with Crippen molar-refractivity contribution in [1.82, 2.24) is 5.32 Å². The summed E-state index contributed by atoms with van der Waals surface area (Å²) >= 11 is 0. The molecule has 5 rings (SSSR count). The number of fused-ring (bicyclic) bond motifs is 2. The molecule has 7 atom stereocenters. The molecule has 6 heteroatoms. The Balaban J connectivity index is 1.22. The van der Waals surface area contributed by atoms with Gasteiger partial charge in [-0.3, -0.25) is 4.79 Å². The SMILES string of the molecule is CCCCCCCCCCCCNC(=O)C[C@]1(C)O[C@@H]2O[C@@]3(C)CC[C@H]4[C@H](C)CC[C@@H]1[C@@]24OO3. The quantitative estimate of drug-likeness (QED) is 0.244. The van der Waals surface area contributed by atoms with Crippen LogP contribution >= 0.6 is 0 Å². The zero-order chi connectivity index (χ0) is 24.2. The van der Waals surface area contributed by atoms with Gasteiger partial charge in [-0.05, 0) is 51.4 Å². The molecule has 5 aliphatic rings. The van der Waals surface area contributed by atoms with E-state index in [-0.39, 0.29) is 11.8 Å². The molecule has 0 aromatic heterocycles. The molecule has 4 saturated heterocycles. The first-order valence-corrected chi connectivity index (χ1v) is 14.3. The fourth-order valence-electron chi connectivity index (χ4n) is 7.20. The van der Waals surface area contributed by atoms with Crippen molar-refractivity contribution in [3.05, 3.63) is 0 Å². The summed E-state index contributed by atoms with van der Waals surface area (Å²) in [5, 5.41) is 3.15. The predicted octanol–water partition coefficient (Wildman–Crippen LogP) is 6.42. The Labute approximate surface area is 207 Å². The first-order valence-electron chi connectivity index (χ1n) is 14.3. The highest BCUT2D eigenvalue weighted by molar-refractivity contribution is 5.77. The Morgan fingerprint density at radius 1 is 0.882 bits per heavy atom. The van der Waals surface area contributed by atoms with E-state index in [9.17, 15) is 4.79 Å². The minimum atomic E-state index is -0.763. The zero-order valence-corrected chi connectivity index (χ0v) is 22.2. The maximum absolute atomic E-state index is 12.9. The molecule has 34 heavy (non-hydrogen) atoms. The first kappa shape index (κ1) is 26.4. The van der Waals surface area contributed by atoms with Crippen LogP contribution in [0.15, 0.2) is 0 Å². The average molecular weight is 480 g/mol. The number of carbonyl (C=O) groups excluding carboxylic acids is 1. The fraction of sp³-hybridized carbons (Fsp3) is 0.964. The summed E-state index contributed by atoms with van der Waals surface area (Å²) in [6.45, 7) is 9.34. The summed E-state index contributed by atoms with van der Waals surface area (Å²) in [5.41, 5.74) is -1.20. The molecule has 2 bridgehead atoms.